The lowest BCUT2D eigenvalue weighted by atomic mass is 10.0. The maximum Gasteiger partial charge on any atom is 0.432 e. The van der Waals surface area contributed by atoms with Gasteiger partial charge >= 0.3 is 6.18 Å². The monoisotopic (exact) mass is 240 g/mol. The molecule has 0 aromatic heterocycles. The van der Waals surface area contributed by atoms with Gasteiger partial charge in [0.1, 0.15) is 17.3 Å². The summed E-state index contributed by atoms with van der Waals surface area (Å²) in [6, 6.07) is 8.36. The largest absolute Gasteiger partial charge is 0.432 e. The molecule has 0 amide bonds. The van der Waals surface area contributed by atoms with E-state index in [0.717, 1.165) is 0 Å². The standard InChI is InChI=1S/C11H7F3N2O/c12-11(13,14)10(16)8(6-15)9(17)7-4-2-1-3-5-7/h1-5H,16H2/b10-8-. The van der Waals surface area contributed by atoms with Crippen molar-refractivity contribution >= 4 is 5.78 Å². The second-order valence-corrected chi connectivity index (χ2v) is 3.09. The number of carbonyl (C=O) groups excluding carboxylic acids is 1. The molecule has 0 bridgehead atoms. The molecule has 0 fully saturated rings. The lowest BCUT2D eigenvalue weighted by molar-refractivity contribution is -0.0931. The molecule has 0 atom stereocenters. The normalized spacial score (nSPS) is 12.6. The number of ketones is 1. The van der Waals surface area contributed by atoms with Gasteiger partial charge in [0, 0.05) is 5.56 Å². The van der Waals surface area contributed by atoms with Gasteiger partial charge in [-0.3, -0.25) is 4.79 Å². The molecule has 1 aromatic carbocycles. The molecule has 1 aromatic rings. The molecule has 6 heteroatoms. The average Bonchev–Trinajstić information content (AvgIpc) is 2.29. The van der Waals surface area contributed by atoms with Crippen molar-refractivity contribution in [2.75, 3.05) is 0 Å². The van der Waals surface area contributed by atoms with Crippen LogP contribution in [0.2, 0.25) is 0 Å². The average molecular weight is 240 g/mol. The number of benzene rings is 1. The van der Waals surface area contributed by atoms with E-state index in [9.17, 15) is 18.0 Å². The van der Waals surface area contributed by atoms with Crippen LogP contribution >= 0.6 is 0 Å². The molecule has 3 nitrogen and oxygen atoms in total. The second kappa shape index (κ2) is 4.70. The number of nitrogens with two attached hydrogens (primary N) is 1. The molecule has 0 aliphatic rings. The number of nitrogens with zero attached hydrogens (tertiary/aromatic N) is 1. The Bertz CT molecular complexity index is 498. The summed E-state index contributed by atoms with van der Waals surface area (Å²) < 4.78 is 36.8. The number of halogens is 3. The third-order valence-corrected chi connectivity index (χ3v) is 1.95. The van der Waals surface area contributed by atoms with E-state index < -0.39 is 23.2 Å². The molecule has 88 valence electrons. The topological polar surface area (TPSA) is 66.9 Å². The minimum atomic E-state index is -4.89. The van der Waals surface area contributed by atoms with Crippen LogP contribution < -0.4 is 5.73 Å². The van der Waals surface area contributed by atoms with E-state index in [2.05, 4.69) is 0 Å². The summed E-state index contributed by atoms with van der Waals surface area (Å²) in [6.45, 7) is 0. The van der Waals surface area contributed by atoms with Gasteiger partial charge in [0.2, 0.25) is 5.78 Å². The quantitative estimate of drug-likeness (QED) is 0.489. The summed E-state index contributed by atoms with van der Waals surface area (Å²) >= 11 is 0. The van der Waals surface area contributed by atoms with Crippen molar-refractivity contribution in [2.24, 2.45) is 5.73 Å². The summed E-state index contributed by atoms with van der Waals surface area (Å²) in [7, 11) is 0. The number of alkyl halides is 3. The number of hydrogen-bond acceptors (Lipinski definition) is 3. The third kappa shape index (κ3) is 2.84. The first-order chi connectivity index (χ1) is 7.88. The van der Waals surface area contributed by atoms with Gasteiger partial charge in [0.05, 0.1) is 0 Å². The van der Waals surface area contributed by atoms with Crippen molar-refractivity contribution < 1.29 is 18.0 Å². The molecular weight excluding hydrogens is 233 g/mol. The highest BCUT2D eigenvalue weighted by Gasteiger charge is 2.36. The summed E-state index contributed by atoms with van der Waals surface area (Å²) in [6.07, 6.45) is -4.89. The van der Waals surface area contributed by atoms with Crippen molar-refractivity contribution in [1.29, 1.82) is 5.26 Å². The smallest absolute Gasteiger partial charge is 0.394 e. The van der Waals surface area contributed by atoms with Crippen LogP contribution in [0.1, 0.15) is 10.4 Å². The van der Waals surface area contributed by atoms with Crippen LogP contribution in [-0.4, -0.2) is 12.0 Å². The van der Waals surface area contributed by atoms with Gasteiger partial charge in [0.25, 0.3) is 0 Å². The number of Topliss-reactive ketones (excluding diaryl/α,β-unsaturated/α-hetero) is 1. The Hall–Kier alpha value is -2.29. The van der Waals surface area contributed by atoms with Crippen LogP contribution in [0.4, 0.5) is 13.2 Å². The Labute approximate surface area is 95.0 Å². The Morgan fingerprint density at radius 3 is 2.18 bits per heavy atom. The van der Waals surface area contributed by atoms with E-state index in [1.54, 1.807) is 6.07 Å². The Morgan fingerprint density at radius 2 is 1.76 bits per heavy atom. The van der Waals surface area contributed by atoms with Gasteiger partial charge in [-0.05, 0) is 0 Å². The van der Waals surface area contributed by atoms with Crippen LogP contribution in [0.25, 0.3) is 0 Å². The highest BCUT2D eigenvalue weighted by Crippen LogP contribution is 2.25. The zero-order valence-corrected chi connectivity index (χ0v) is 8.45. The molecule has 17 heavy (non-hydrogen) atoms. The minimum absolute atomic E-state index is 0.0174. The summed E-state index contributed by atoms with van der Waals surface area (Å²) in [5.41, 5.74) is 1.97. The number of carbonyl (C=O) groups is 1. The SMILES string of the molecule is N#C/C(C(=O)c1ccccc1)=C(/N)C(F)(F)F. The lowest BCUT2D eigenvalue weighted by Gasteiger charge is -2.08. The van der Waals surface area contributed by atoms with Crippen molar-refractivity contribution in [2.45, 2.75) is 6.18 Å². The van der Waals surface area contributed by atoms with E-state index in [1.165, 1.54) is 30.3 Å². The molecule has 0 spiro atoms. The molecular formula is C11H7F3N2O. The highest BCUT2D eigenvalue weighted by molar-refractivity contribution is 6.11. The van der Waals surface area contributed by atoms with E-state index in [0.29, 0.717) is 0 Å². The molecule has 0 aliphatic heterocycles. The fourth-order valence-corrected chi connectivity index (χ4v) is 1.11. The van der Waals surface area contributed by atoms with E-state index in [4.69, 9.17) is 11.0 Å². The van der Waals surface area contributed by atoms with Crippen LogP contribution in [0.15, 0.2) is 41.6 Å². The Balaban J connectivity index is 3.24. The first-order valence-electron chi connectivity index (χ1n) is 4.44. The van der Waals surface area contributed by atoms with Gasteiger partial charge < -0.3 is 5.73 Å². The number of allylic oxidation sites excluding steroid dienone is 2. The first-order valence-corrected chi connectivity index (χ1v) is 4.44. The van der Waals surface area contributed by atoms with Gasteiger partial charge in [-0.25, -0.2) is 0 Å². The highest BCUT2D eigenvalue weighted by atomic mass is 19.4. The van der Waals surface area contributed by atoms with Gasteiger partial charge in [-0.15, -0.1) is 0 Å². The van der Waals surface area contributed by atoms with E-state index >= 15 is 0 Å². The summed E-state index contributed by atoms with van der Waals surface area (Å²) in [5.74, 6) is -1.04. The summed E-state index contributed by atoms with van der Waals surface area (Å²) in [4.78, 5) is 11.6. The molecule has 2 N–H and O–H groups in total. The van der Waals surface area contributed by atoms with Crippen LogP contribution in [0.5, 0.6) is 0 Å². The second-order valence-electron chi connectivity index (χ2n) is 3.09. The predicted octanol–water partition coefficient (Wildman–Crippen LogP) is 2.17. The Morgan fingerprint density at radius 1 is 1.24 bits per heavy atom. The zero-order valence-electron chi connectivity index (χ0n) is 8.45. The van der Waals surface area contributed by atoms with Gasteiger partial charge in [-0.2, -0.15) is 18.4 Å². The zero-order chi connectivity index (χ0) is 13.1. The van der Waals surface area contributed by atoms with E-state index in [-0.39, 0.29) is 5.56 Å². The van der Waals surface area contributed by atoms with Crippen molar-refractivity contribution in [3.8, 4) is 6.07 Å². The number of hydrogen-bond donors (Lipinski definition) is 1. The van der Waals surface area contributed by atoms with Crippen LogP contribution in [0, 0.1) is 11.3 Å². The third-order valence-electron chi connectivity index (χ3n) is 1.95. The predicted molar refractivity (Wildman–Crippen MR) is 53.7 cm³/mol. The van der Waals surface area contributed by atoms with Gasteiger partial charge in [0.15, 0.2) is 0 Å². The molecule has 0 radical (unpaired) electrons. The number of nitriles is 1. The molecule has 1 rings (SSSR count). The molecule has 0 aliphatic carbocycles. The van der Waals surface area contributed by atoms with Gasteiger partial charge in [-0.1, -0.05) is 30.3 Å². The summed E-state index contributed by atoms with van der Waals surface area (Å²) in [5, 5.41) is 8.58. The van der Waals surface area contributed by atoms with Crippen LogP contribution in [-0.2, 0) is 0 Å². The van der Waals surface area contributed by atoms with Crippen molar-refractivity contribution in [3.05, 3.63) is 47.2 Å². The Kier molecular flexibility index (Phi) is 3.53. The van der Waals surface area contributed by atoms with Crippen LogP contribution in [0.3, 0.4) is 0 Å². The molecule has 0 saturated carbocycles. The molecule has 0 heterocycles. The lowest BCUT2D eigenvalue weighted by Crippen LogP contribution is -2.24. The maximum atomic E-state index is 12.3. The fraction of sp³-hybridized carbons (Fsp3) is 0.0909. The fourth-order valence-electron chi connectivity index (χ4n) is 1.11. The van der Waals surface area contributed by atoms with Crippen molar-refractivity contribution in [3.63, 3.8) is 0 Å². The van der Waals surface area contributed by atoms with Crippen molar-refractivity contribution in [1.82, 2.24) is 0 Å². The number of rotatable bonds is 2. The maximum absolute atomic E-state index is 12.3. The molecule has 0 unspecified atom stereocenters. The first kappa shape index (κ1) is 12.8. The minimum Gasteiger partial charge on any atom is -0.394 e. The van der Waals surface area contributed by atoms with E-state index in [1.807, 2.05) is 0 Å². The molecule has 0 saturated heterocycles.